The Balaban J connectivity index is 2.34. The number of hydrogen-bond donors (Lipinski definition) is 1. The highest BCUT2D eigenvalue weighted by atomic mass is 32.1. The van der Waals surface area contributed by atoms with E-state index in [0.29, 0.717) is 0 Å². The van der Waals surface area contributed by atoms with Crippen LogP contribution in [0.5, 0.6) is 0 Å². The number of aromatic nitrogens is 4. The van der Waals surface area contributed by atoms with Crippen LogP contribution < -0.4 is 5.73 Å². The number of aryl methyl sites for hydroxylation is 1. The lowest BCUT2D eigenvalue weighted by Gasteiger charge is -2.07. The van der Waals surface area contributed by atoms with Crippen molar-refractivity contribution in [3.05, 3.63) is 34.9 Å². The zero-order chi connectivity index (χ0) is 9.97. The van der Waals surface area contributed by atoms with Crippen LogP contribution in [-0.2, 0) is 0 Å². The predicted molar refractivity (Wildman–Crippen MR) is 52.7 cm³/mol. The molecule has 2 rings (SSSR count). The van der Waals surface area contributed by atoms with E-state index in [1.165, 1.54) is 17.9 Å². The molecule has 0 spiro atoms. The summed E-state index contributed by atoms with van der Waals surface area (Å²) in [6, 6.07) is -0.226. The molecule has 14 heavy (non-hydrogen) atoms. The van der Waals surface area contributed by atoms with Crippen LogP contribution in [0.15, 0.2) is 18.7 Å². The predicted octanol–water partition coefficient (Wildman–Crippen LogP) is 0.685. The van der Waals surface area contributed by atoms with Gasteiger partial charge in [0.25, 0.3) is 0 Å². The van der Waals surface area contributed by atoms with Gasteiger partial charge in [0.15, 0.2) is 0 Å². The van der Waals surface area contributed by atoms with E-state index in [9.17, 15) is 0 Å². The number of rotatable bonds is 2. The molecule has 0 aliphatic heterocycles. The van der Waals surface area contributed by atoms with E-state index in [4.69, 9.17) is 5.73 Å². The Morgan fingerprint density at radius 3 is 2.64 bits per heavy atom. The molecule has 1 atom stereocenters. The third-order valence-electron chi connectivity index (χ3n) is 1.91. The molecule has 0 aromatic carbocycles. The smallest absolute Gasteiger partial charge is 0.115 e. The van der Waals surface area contributed by atoms with Gasteiger partial charge >= 0.3 is 0 Å². The maximum Gasteiger partial charge on any atom is 0.115 e. The Morgan fingerprint density at radius 1 is 1.36 bits per heavy atom. The molecule has 2 aromatic heterocycles. The second-order valence-electron chi connectivity index (χ2n) is 2.87. The molecule has 0 aliphatic carbocycles. The van der Waals surface area contributed by atoms with Crippen molar-refractivity contribution < 1.29 is 0 Å². The Labute approximate surface area is 85.2 Å². The standard InChI is InChI=1S/C8H9N5S/c1-5-8(14-13-12-5)7(9)6-2-10-4-11-3-6/h2-4,7H,9H2,1H3. The molecule has 1 unspecified atom stereocenters. The van der Waals surface area contributed by atoms with Gasteiger partial charge in [-0.25, -0.2) is 9.97 Å². The summed E-state index contributed by atoms with van der Waals surface area (Å²) in [5.41, 5.74) is 7.76. The van der Waals surface area contributed by atoms with Crippen LogP contribution >= 0.6 is 11.5 Å². The average molecular weight is 207 g/mol. The van der Waals surface area contributed by atoms with E-state index in [1.807, 2.05) is 6.92 Å². The molecule has 0 bridgehead atoms. The fourth-order valence-electron chi connectivity index (χ4n) is 1.15. The van der Waals surface area contributed by atoms with Crippen molar-refractivity contribution >= 4 is 11.5 Å². The highest BCUT2D eigenvalue weighted by Crippen LogP contribution is 2.22. The van der Waals surface area contributed by atoms with E-state index >= 15 is 0 Å². The van der Waals surface area contributed by atoms with Gasteiger partial charge in [0.05, 0.1) is 16.6 Å². The molecule has 0 fully saturated rings. The first-order chi connectivity index (χ1) is 6.79. The molecule has 2 heterocycles. The monoisotopic (exact) mass is 207 g/mol. The SMILES string of the molecule is Cc1nnsc1C(N)c1cncnc1. The summed E-state index contributed by atoms with van der Waals surface area (Å²) < 4.78 is 3.84. The van der Waals surface area contributed by atoms with Crippen LogP contribution in [0.4, 0.5) is 0 Å². The molecule has 0 saturated carbocycles. The second-order valence-corrected chi connectivity index (χ2v) is 3.66. The minimum absolute atomic E-state index is 0.226. The van der Waals surface area contributed by atoms with Gasteiger partial charge in [-0.2, -0.15) is 0 Å². The van der Waals surface area contributed by atoms with Gasteiger partial charge in [-0.15, -0.1) is 5.10 Å². The fraction of sp³-hybridized carbons (Fsp3) is 0.250. The largest absolute Gasteiger partial charge is 0.319 e. The van der Waals surface area contributed by atoms with Crippen molar-refractivity contribution in [2.24, 2.45) is 5.73 Å². The van der Waals surface area contributed by atoms with Crippen LogP contribution in [0.1, 0.15) is 22.2 Å². The first kappa shape index (κ1) is 9.17. The summed E-state index contributed by atoms with van der Waals surface area (Å²) in [6.45, 7) is 1.89. The van der Waals surface area contributed by atoms with E-state index in [-0.39, 0.29) is 6.04 Å². The highest BCUT2D eigenvalue weighted by Gasteiger charge is 2.14. The summed E-state index contributed by atoms with van der Waals surface area (Å²) in [4.78, 5) is 8.79. The number of hydrogen-bond acceptors (Lipinski definition) is 6. The molecule has 0 aliphatic rings. The Morgan fingerprint density at radius 2 is 2.07 bits per heavy atom. The third kappa shape index (κ3) is 1.61. The summed E-state index contributed by atoms with van der Waals surface area (Å²) in [5, 5.41) is 3.91. The lowest BCUT2D eigenvalue weighted by atomic mass is 10.1. The topological polar surface area (TPSA) is 77.6 Å². The minimum Gasteiger partial charge on any atom is -0.319 e. The van der Waals surface area contributed by atoms with Crippen molar-refractivity contribution in [3.63, 3.8) is 0 Å². The van der Waals surface area contributed by atoms with Crippen molar-refractivity contribution in [2.75, 3.05) is 0 Å². The van der Waals surface area contributed by atoms with Gasteiger partial charge < -0.3 is 5.73 Å². The first-order valence-corrected chi connectivity index (χ1v) is 4.85. The van der Waals surface area contributed by atoms with Gasteiger partial charge in [0.2, 0.25) is 0 Å². The van der Waals surface area contributed by atoms with Crippen LogP contribution in [0.25, 0.3) is 0 Å². The van der Waals surface area contributed by atoms with Crippen LogP contribution in [0.3, 0.4) is 0 Å². The van der Waals surface area contributed by atoms with Crippen molar-refractivity contribution in [2.45, 2.75) is 13.0 Å². The molecule has 0 radical (unpaired) electrons. The number of nitrogens with zero attached hydrogens (tertiary/aromatic N) is 4. The van der Waals surface area contributed by atoms with Gasteiger partial charge in [-0.05, 0) is 18.5 Å². The summed E-state index contributed by atoms with van der Waals surface area (Å²) in [6.07, 6.45) is 4.89. The Hall–Kier alpha value is -1.40. The lowest BCUT2D eigenvalue weighted by molar-refractivity contribution is 0.854. The Bertz CT molecular complexity index is 413. The van der Waals surface area contributed by atoms with Gasteiger partial charge in [0, 0.05) is 18.0 Å². The molecule has 2 N–H and O–H groups in total. The zero-order valence-corrected chi connectivity index (χ0v) is 8.40. The molecule has 0 amide bonds. The summed E-state index contributed by atoms with van der Waals surface area (Å²) >= 11 is 1.31. The summed E-state index contributed by atoms with van der Waals surface area (Å²) in [5.74, 6) is 0. The van der Waals surface area contributed by atoms with E-state index in [1.54, 1.807) is 12.4 Å². The number of nitrogens with two attached hydrogens (primary N) is 1. The fourth-order valence-corrected chi connectivity index (χ4v) is 1.82. The van der Waals surface area contributed by atoms with Crippen LogP contribution in [0.2, 0.25) is 0 Å². The minimum atomic E-state index is -0.226. The highest BCUT2D eigenvalue weighted by molar-refractivity contribution is 7.05. The molecule has 6 heteroatoms. The van der Waals surface area contributed by atoms with E-state index in [2.05, 4.69) is 19.6 Å². The Kier molecular flexibility index (Phi) is 2.47. The molecule has 0 saturated heterocycles. The second kappa shape index (κ2) is 3.77. The molecular weight excluding hydrogens is 198 g/mol. The lowest BCUT2D eigenvalue weighted by Crippen LogP contribution is -2.12. The molecule has 72 valence electrons. The molecular formula is C8H9N5S. The molecule has 2 aromatic rings. The van der Waals surface area contributed by atoms with E-state index < -0.39 is 0 Å². The van der Waals surface area contributed by atoms with E-state index in [0.717, 1.165) is 16.1 Å². The van der Waals surface area contributed by atoms with Crippen molar-refractivity contribution in [1.29, 1.82) is 0 Å². The average Bonchev–Trinajstić information content (AvgIpc) is 2.65. The quantitative estimate of drug-likeness (QED) is 0.783. The van der Waals surface area contributed by atoms with Gasteiger partial charge in [-0.1, -0.05) is 4.49 Å². The van der Waals surface area contributed by atoms with Crippen molar-refractivity contribution in [3.8, 4) is 0 Å². The van der Waals surface area contributed by atoms with Crippen LogP contribution in [0, 0.1) is 6.92 Å². The zero-order valence-electron chi connectivity index (χ0n) is 7.58. The summed E-state index contributed by atoms with van der Waals surface area (Å²) in [7, 11) is 0. The van der Waals surface area contributed by atoms with Crippen molar-refractivity contribution in [1.82, 2.24) is 19.6 Å². The first-order valence-electron chi connectivity index (χ1n) is 4.08. The van der Waals surface area contributed by atoms with Gasteiger partial charge in [-0.3, -0.25) is 0 Å². The third-order valence-corrected chi connectivity index (χ3v) is 2.82. The molecule has 5 nitrogen and oxygen atoms in total. The van der Waals surface area contributed by atoms with Gasteiger partial charge in [0.1, 0.15) is 6.33 Å². The maximum atomic E-state index is 6.01. The normalized spacial score (nSPS) is 12.7. The van der Waals surface area contributed by atoms with Crippen LogP contribution in [-0.4, -0.2) is 19.6 Å². The maximum absolute atomic E-state index is 6.01.